The van der Waals surface area contributed by atoms with Crippen molar-refractivity contribution in [2.24, 2.45) is 0 Å². The molecule has 0 unspecified atom stereocenters. The second-order valence-corrected chi connectivity index (χ2v) is 2.94. The molecule has 15 heavy (non-hydrogen) atoms. The molecule has 0 radical (unpaired) electrons. The molecule has 0 aliphatic heterocycles. The van der Waals surface area contributed by atoms with Crippen LogP contribution in [0.2, 0.25) is 0 Å². The van der Waals surface area contributed by atoms with E-state index in [1.807, 2.05) is 37.5 Å². The molecular weight excluding hydrogens is 190 g/mol. The minimum absolute atomic E-state index is 0.153. The number of aromatic hydroxyl groups is 1. The van der Waals surface area contributed by atoms with Crippen LogP contribution in [0.5, 0.6) is 11.5 Å². The fourth-order valence-electron chi connectivity index (χ4n) is 1.12. The highest BCUT2D eigenvalue weighted by Gasteiger charge is 1.99. The lowest BCUT2D eigenvalue weighted by Crippen LogP contribution is -1.89. The van der Waals surface area contributed by atoms with Crippen molar-refractivity contribution >= 4 is 6.08 Å². The normalized spacial score (nSPS) is 11.1. The van der Waals surface area contributed by atoms with Crippen molar-refractivity contribution < 1.29 is 9.84 Å². The summed E-state index contributed by atoms with van der Waals surface area (Å²) in [7, 11) is 3.37. The van der Waals surface area contributed by atoms with Gasteiger partial charge in [0.25, 0.3) is 0 Å². The Morgan fingerprint density at radius 3 is 2.80 bits per heavy atom. The largest absolute Gasteiger partial charge is 0.504 e. The average Bonchev–Trinajstić information content (AvgIpc) is 2.26. The highest BCUT2D eigenvalue weighted by Crippen LogP contribution is 2.26. The van der Waals surface area contributed by atoms with Crippen LogP contribution in [-0.4, -0.2) is 19.3 Å². The minimum atomic E-state index is 0.153. The van der Waals surface area contributed by atoms with E-state index in [4.69, 9.17) is 4.74 Å². The zero-order valence-corrected chi connectivity index (χ0v) is 8.90. The number of nitrogens with one attached hydrogen (secondary N) is 1. The third-order valence-corrected chi connectivity index (χ3v) is 1.87. The summed E-state index contributed by atoms with van der Waals surface area (Å²) in [5, 5.41) is 12.3. The zero-order chi connectivity index (χ0) is 11.1. The number of methoxy groups -OCH3 is 1. The molecule has 0 spiro atoms. The predicted octanol–water partition coefficient (Wildman–Crippen LogP) is 2.15. The molecule has 0 aromatic heterocycles. The first-order valence-corrected chi connectivity index (χ1v) is 4.65. The molecule has 3 heteroatoms. The van der Waals surface area contributed by atoms with Gasteiger partial charge < -0.3 is 15.2 Å². The van der Waals surface area contributed by atoms with Crippen molar-refractivity contribution in [1.29, 1.82) is 0 Å². The molecule has 0 saturated heterocycles. The number of hydrogen-bond donors (Lipinski definition) is 2. The van der Waals surface area contributed by atoms with Gasteiger partial charge in [0.2, 0.25) is 0 Å². The molecule has 0 heterocycles. The summed E-state index contributed by atoms with van der Waals surface area (Å²) in [5.41, 5.74) is 0.977. The molecule has 3 nitrogen and oxygen atoms in total. The molecule has 0 aliphatic rings. The lowest BCUT2D eigenvalue weighted by atomic mass is 10.2. The van der Waals surface area contributed by atoms with Gasteiger partial charge >= 0.3 is 0 Å². The SMILES string of the molecule is CN/C=C/C=C/c1ccc(O)c(OC)c1. The second-order valence-electron chi connectivity index (χ2n) is 2.94. The molecule has 1 aromatic rings. The smallest absolute Gasteiger partial charge is 0.161 e. The van der Waals surface area contributed by atoms with Crippen LogP contribution in [0.15, 0.2) is 36.6 Å². The van der Waals surface area contributed by atoms with Crippen molar-refractivity contribution in [3.63, 3.8) is 0 Å². The van der Waals surface area contributed by atoms with E-state index >= 15 is 0 Å². The molecule has 0 bridgehead atoms. The first-order valence-electron chi connectivity index (χ1n) is 4.65. The summed E-state index contributed by atoms with van der Waals surface area (Å²) in [5.74, 6) is 0.634. The van der Waals surface area contributed by atoms with Gasteiger partial charge in [0.1, 0.15) is 0 Å². The summed E-state index contributed by atoms with van der Waals surface area (Å²) in [4.78, 5) is 0. The van der Waals surface area contributed by atoms with Crippen LogP contribution in [0.4, 0.5) is 0 Å². The van der Waals surface area contributed by atoms with Gasteiger partial charge in [0.15, 0.2) is 11.5 Å². The summed E-state index contributed by atoms with van der Waals surface area (Å²) in [6.45, 7) is 0. The number of ether oxygens (including phenoxy) is 1. The highest BCUT2D eigenvalue weighted by atomic mass is 16.5. The number of benzene rings is 1. The quantitative estimate of drug-likeness (QED) is 0.740. The van der Waals surface area contributed by atoms with E-state index in [9.17, 15) is 5.11 Å². The van der Waals surface area contributed by atoms with Gasteiger partial charge in [-0.1, -0.05) is 18.2 Å². The Kier molecular flexibility index (Phi) is 4.29. The fraction of sp³-hybridized carbons (Fsp3) is 0.167. The van der Waals surface area contributed by atoms with E-state index in [0.29, 0.717) is 5.75 Å². The van der Waals surface area contributed by atoms with Crippen molar-refractivity contribution in [2.45, 2.75) is 0 Å². The summed E-state index contributed by atoms with van der Waals surface area (Å²) < 4.78 is 5.00. The maximum absolute atomic E-state index is 9.37. The molecule has 0 atom stereocenters. The van der Waals surface area contributed by atoms with E-state index in [1.54, 1.807) is 12.1 Å². The van der Waals surface area contributed by atoms with Crippen molar-refractivity contribution in [3.8, 4) is 11.5 Å². The van der Waals surface area contributed by atoms with Gasteiger partial charge in [-0.25, -0.2) is 0 Å². The van der Waals surface area contributed by atoms with Gasteiger partial charge in [0.05, 0.1) is 7.11 Å². The Bertz CT molecular complexity index is 370. The molecule has 1 aromatic carbocycles. The van der Waals surface area contributed by atoms with E-state index < -0.39 is 0 Å². The maximum atomic E-state index is 9.37. The number of hydrogen-bond acceptors (Lipinski definition) is 3. The van der Waals surface area contributed by atoms with E-state index in [1.165, 1.54) is 7.11 Å². The van der Waals surface area contributed by atoms with Crippen LogP contribution in [0.1, 0.15) is 5.56 Å². The van der Waals surface area contributed by atoms with Gasteiger partial charge in [-0.2, -0.15) is 0 Å². The first kappa shape index (κ1) is 11.2. The minimum Gasteiger partial charge on any atom is -0.504 e. The Balaban J connectivity index is 2.78. The Morgan fingerprint density at radius 2 is 2.13 bits per heavy atom. The molecule has 1 rings (SSSR count). The van der Waals surface area contributed by atoms with Crippen molar-refractivity contribution in [1.82, 2.24) is 5.32 Å². The third-order valence-electron chi connectivity index (χ3n) is 1.87. The lowest BCUT2D eigenvalue weighted by molar-refractivity contribution is 0.373. The molecule has 0 aliphatic carbocycles. The molecule has 2 N–H and O–H groups in total. The Hall–Kier alpha value is -1.90. The fourth-order valence-corrected chi connectivity index (χ4v) is 1.12. The topological polar surface area (TPSA) is 41.5 Å². The standard InChI is InChI=1S/C12H15NO2/c1-13-8-4-3-5-10-6-7-11(14)12(9-10)15-2/h3-9,13-14H,1-2H3/b5-3+,8-4+. The molecule has 0 amide bonds. The number of rotatable bonds is 4. The van der Waals surface area contributed by atoms with Gasteiger partial charge in [-0.3, -0.25) is 0 Å². The van der Waals surface area contributed by atoms with Gasteiger partial charge in [0, 0.05) is 7.05 Å². The first-order chi connectivity index (χ1) is 7.27. The van der Waals surface area contributed by atoms with E-state index in [-0.39, 0.29) is 5.75 Å². The van der Waals surface area contributed by atoms with Gasteiger partial charge in [-0.05, 0) is 30.0 Å². The second kappa shape index (κ2) is 5.75. The number of phenols is 1. The van der Waals surface area contributed by atoms with E-state index in [2.05, 4.69) is 5.32 Å². The van der Waals surface area contributed by atoms with Gasteiger partial charge in [-0.15, -0.1) is 0 Å². The van der Waals surface area contributed by atoms with Crippen LogP contribution >= 0.6 is 0 Å². The van der Waals surface area contributed by atoms with Crippen LogP contribution in [0, 0.1) is 0 Å². The molecule has 0 fully saturated rings. The molecule has 80 valence electrons. The average molecular weight is 205 g/mol. The molecular formula is C12H15NO2. The number of phenolic OH excluding ortho intramolecular Hbond substituents is 1. The van der Waals surface area contributed by atoms with Crippen molar-refractivity contribution in [3.05, 3.63) is 42.1 Å². The highest BCUT2D eigenvalue weighted by molar-refractivity contribution is 5.56. The lowest BCUT2D eigenvalue weighted by Gasteiger charge is -2.03. The Morgan fingerprint density at radius 1 is 1.33 bits per heavy atom. The van der Waals surface area contributed by atoms with Crippen LogP contribution in [0.3, 0.4) is 0 Å². The Labute approximate surface area is 89.7 Å². The van der Waals surface area contributed by atoms with Crippen LogP contribution in [0.25, 0.3) is 6.08 Å². The van der Waals surface area contributed by atoms with Crippen LogP contribution in [-0.2, 0) is 0 Å². The number of allylic oxidation sites excluding steroid dienone is 2. The molecule has 0 saturated carbocycles. The summed E-state index contributed by atoms with van der Waals surface area (Å²) in [6.07, 6.45) is 7.55. The summed E-state index contributed by atoms with van der Waals surface area (Å²) in [6, 6.07) is 5.21. The zero-order valence-electron chi connectivity index (χ0n) is 8.90. The van der Waals surface area contributed by atoms with Crippen LogP contribution < -0.4 is 10.1 Å². The van der Waals surface area contributed by atoms with Crippen molar-refractivity contribution in [2.75, 3.05) is 14.2 Å². The van der Waals surface area contributed by atoms with E-state index in [0.717, 1.165) is 5.56 Å². The maximum Gasteiger partial charge on any atom is 0.161 e. The third kappa shape index (κ3) is 3.38. The monoisotopic (exact) mass is 205 g/mol. The predicted molar refractivity (Wildman–Crippen MR) is 61.9 cm³/mol. The summed E-state index contributed by atoms with van der Waals surface area (Å²) >= 11 is 0.